The normalized spacial score (nSPS) is 16.5. The zero-order valence-electron chi connectivity index (χ0n) is 12.4. The van der Waals surface area contributed by atoms with E-state index in [1.165, 1.54) is 12.8 Å². The summed E-state index contributed by atoms with van der Waals surface area (Å²) in [4.78, 5) is 2.52. The largest absolute Gasteiger partial charge is 0.316 e. The molecular formula is C14H32N2. The Labute approximate surface area is 103 Å². The standard InChI is InChI=1S/C14H32N2/c1-8-10-15-11-12(3)13(4)16(7)14(5,6)9-2/h12-13,15H,8-11H2,1-7H3. The molecule has 16 heavy (non-hydrogen) atoms. The highest BCUT2D eigenvalue weighted by molar-refractivity contribution is 4.84. The fourth-order valence-electron chi connectivity index (χ4n) is 1.86. The Morgan fingerprint density at radius 1 is 1.19 bits per heavy atom. The first-order valence-electron chi connectivity index (χ1n) is 6.80. The van der Waals surface area contributed by atoms with Crippen molar-refractivity contribution >= 4 is 0 Å². The van der Waals surface area contributed by atoms with Crippen LogP contribution in [0.15, 0.2) is 0 Å². The lowest BCUT2D eigenvalue weighted by molar-refractivity contribution is 0.0769. The molecule has 0 saturated carbocycles. The van der Waals surface area contributed by atoms with Gasteiger partial charge in [-0.05, 0) is 59.7 Å². The molecule has 2 unspecified atom stereocenters. The Hall–Kier alpha value is -0.0800. The van der Waals surface area contributed by atoms with Crippen molar-refractivity contribution in [2.24, 2.45) is 5.92 Å². The molecule has 0 spiro atoms. The molecule has 2 heteroatoms. The van der Waals surface area contributed by atoms with E-state index in [0.717, 1.165) is 13.1 Å². The Balaban J connectivity index is 4.15. The van der Waals surface area contributed by atoms with Gasteiger partial charge < -0.3 is 5.32 Å². The summed E-state index contributed by atoms with van der Waals surface area (Å²) in [7, 11) is 2.25. The second-order valence-corrected chi connectivity index (χ2v) is 5.70. The summed E-state index contributed by atoms with van der Waals surface area (Å²) in [6.45, 7) is 16.1. The van der Waals surface area contributed by atoms with Gasteiger partial charge in [-0.3, -0.25) is 4.90 Å². The number of hydrogen-bond donors (Lipinski definition) is 1. The van der Waals surface area contributed by atoms with Crippen LogP contribution in [-0.2, 0) is 0 Å². The Kier molecular flexibility index (Phi) is 7.25. The summed E-state index contributed by atoms with van der Waals surface area (Å²) in [6, 6.07) is 0.624. The van der Waals surface area contributed by atoms with Gasteiger partial charge in [0.05, 0.1) is 0 Å². The first-order chi connectivity index (χ1) is 7.36. The molecule has 0 rings (SSSR count). The molecule has 0 fully saturated rings. The van der Waals surface area contributed by atoms with Crippen molar-refractivity contribution in [2.45, 2.75) is 66.0 Å². The van der Waals surface area contributed by atoms with Crippen molar-refractivity contribution < 1.29 is 0 Å². The molecule has 0 heterocycles. The van der Waals surface area contributed by atoms with Crippen LogP contribution >= 0.6 is 0 Å². The maximum absolute atomic E-state index is 3.51. The van der Waals surface area contributed by atoms with Crippen molar-refractivity contribution in [1.82, 2.24) is 10.2 Å². The van der Waals surface area contributed by atoms with Crippen LogP contribution in [0, 0.1) is 5.92 Å². The van der Waals surface area contributed by atoms with Gasteiger partial charge in [-0.1, -0.05) is 20.8 Å². The SMILES string of the molecule is CCCNCC(C)C(C)N(C)C(C)(C)CC. The lowest BCUT2D eigenvalue weighted by Crippen LogP contribution is -2.49. The van der Waals surface area contributed by atoms with Gasteiger partial charge in [-0.15, -0.1) is 0 Å². The van der Waals surface area contributed by atoms with Crippen LogP contribution in [0.25, 0.3) is 0 Å². The predicted octanol–water partition coefficient (Wildman–Crippen LogP) is 3.13. The average Bonchev–Trinajstić information content (AvgIpc) is 2.27. The fourth-order valence-corrected chi connectivity index (χ4v) is 1.86. The third-order valence-corrected chi connectivity index (χ3v) is 4.15. The monoisotopic (exact) mass is 228 g/mol. The molecule has 0 aromatic rings. The van der Waals surface area contributed by atoms with Crippen molar-refractivity contribution in [3.63, 3.8) is 0 Å². The van der Waals surface area contributed by atoms with Gasteiger partial charge in [-0.2, -0.15) is 0 Å². The molecule has 0 radical (unpaired) electrons. The molecule has 1 N–H and O–H groups in total. The quantitative estimate of drug-likeness (QED) is 0.642. The maximum Gasteiger partial charge on any atom is 0.0150 e. The zero-order valence-corrected chi connectivity index (χ0v) is 12.4. The van der Waals surface area contributed by atoms with Crippen molar-refractivity contribution in [3.05, 3.63) is 0 Å². The highest BCUT2D eigenvalue weighted by Crippen LogP contribution is 2.22. The average molecular weight is 228 g/mol. The van der Waals surface area contributed by atoms with E-state index < -0.39 is 0 Å². The zero-order chi connectivity index (χ0) is 12.8. The molecule has 0 saturated heterocycles. The van der Waals surface area contributed by atoms with Crippen molar-refractivity contribution in [3.8, 4) is 0 Å². The topological polar surface area (TPSA) is 15.3 Å². The second-order valence-electron chi connectivity index (χ2n) is 5.70. The minimum absolute atomic E-state index is 0.304. The van der Waals surface area contributed by atoms with Gasteiger partial charge in [-0.25, -0.2) is 0 Å². The first-order valence-corrected chi connectivity index (χ1v) is 6.80. The van der Waals surface area contributed by atoms with E-state index in [1.807, 2.05) is 0 Å². The van der Waals surface area contributed by atoms with Gasteiger partial charge in [0.1, 0.15) is 0 Å². The lowest BCUT2D eigenvalue weighted by Gasteiger charge is -2.41. The molecule has 0 aliphatic heterocycles. The van der Waals surface area contributed by atoms with E-state index in [2.05, 4.69) is 58.8 Å². The van der Waals surface area contributed by atoms with Gasteiger partial charge >= 0.3 is 0 Å². The molecule has 0 aliphatic carbocycles. The minimum Gasteiger partial charge on any atom is -0.316 e. The molecule has 0 bridgehead atoms. The summed E-state index contributed by atoms with van der Waals surface area (Å²) in [5.41, 5.74) is 0.304. The van der Waals surface area contributed by atoms with E-state index in [9.17, 15) is 0 Å². The molecule has 0 aliphatic rings. The van der Waals surface area contributed by atoms with Crippen LogP contribution in [0.1, 0.15) is 54.4 Å². The predicted molar refractivity (Wildman–Crippen MR) is 73.9 cm³/mol. The number of nitrogens with one attached hydrogen (secondary N) is 1. The van der Waals surface area contributed by atoms with Crippen LogP contribution < -0.4 is 5.32 Å². The molecular weight excluding hydrogens is 196 g/mol. The van der Waals surface area contributed by atoms with Crippen molar-refractivity contribution in [2.75, 3.05) is 20.1 Å². The third kappa shape index (κ3) is 4.84. The molecule has 98 valence electrons. The van der Waals surface area contributed by atoms with Crippen LogP contribution in [-0.4, -0.2) is 36.6 Å². The van der Waals surface area contributed by atoms with Gasteiger partial charge in [0.25, 0.3) is 0 Å². The summed E-state index contributed by atoms with van der Waals surface area (Å²) in [6.07, 6.45) is 2.42. The van der Waals surface area contributed by atoms with E-state index in [4.69, 9.17) is 0 Å². The van der Waals surface area contributed by atoms with Gasteiger partial charge in [0.15, 0.2) is 0 Å². The first kappa shape index (κ1) is 15.9. The van der Waals surface area contributed by atoms with E-state index in [0.29, 0.717) is 17.5 Å². The lowest BCUT2D eigenvalue weighted by atomic mass is 9.93. The number of hydrogen-bond acceptors (Lipinski definition) is 2. The Bertz CT molecular complexity index is 178. The molecule has 2 nitrogen and oxygen atoms in total. The molecule has 0 aromatic carbocycles. The van der Waals surface area contributed by atoms with Gasteiger partial charge in [0, 0.05) is 11.6 Å². The van der Waals surface area contributed by atoms with Crippen LogP contribution in [0.3, 0.4) is 0 Å². The molecule has 2 atom stereocenters. The third-order valence-electron chi connectivity index (χ3n) is 4.15. The highest BCUT2D eigenvalue weighted by Gasteiger charge is 2.27. The van der Waals surface area contributed by atoms with Crippen LogP contribution in [0.2, 0.25) is 0 Å². The summed E-state index contributed by atoms with van der Waals surface area (Å²) in [5, 5.41) is 3.51. The second kappa shape index (κ2) is 7.29. The summed E-state index contributed by atoms with van der Waals surface area (Å²) in [5.74, 6) is 0.697. The molecule has 0 aromatic heterocycles. The van der Waals surface area contributed by atoms with Crippen molar-refractivity contribution in [1.29, 1.82) is 0 Å². The number of rotatable bonds is 8. The fraction of sp³-hybridized carbons (Fsp3) is 1.00. The van der Waals surface area contributed by atoms with E-state index in [1.54, 1.807) is 0 Å². The van der Waals surface area contributed by atoms with E-state index >= 15 is 0 Å². The molecule has 0 amide bonds. The highest BCUT2D eigenvalue weighted by atomic mass is 15.2. The Morgan fingerprint density at radius 2 is 1.75 bits per heavy atom. The van der Waals surface area contributed by atoms with E-state index in [-0.39, 0.29) is 0 Å². The van der Waals surface area contributed by atoms with Gasteiger partial charge in [0.2, 0.25) is 0 Å². The van der Waals surface area contributed by atoms with Crippen LogP contribution in [0.5, 0.6) is 0 Å². The number of nitrogens with zero attached hydrogens (tertiary/aromatic N) is 1. The summed E-state index contributed by atoms with van der Waals surface area (Å²) >= 11 is 0. The van der Waals surface area contributed by atoms with Crippen LogP contribution in [0.4, 0.5) is 0 Å². The maximum atomic E-state index is 3.51. The summed E-state index contributed by atoms with van der Waals surface area (Å²) < 4.78 is 0. The minimum atomic E-state index is 0.304. The Morgan fingerprint density at radius 3 is 2.19 bits per heavy atom. The smallest absolute Gasteiger partial charge is 0.0150 e.